The summed E-state index contributed by atoms with van der Waals surface area (Å²) in [7, 11) is -2.89. The Morgan fingerprint density at radius 1 is 1.06 bits per heavy atom. The van der Waals surface area contributed by atoms with Crippen LogP contribution in [0.5, 0.6) is 0 Å². The van der Waals surface area contributed by atoms with Gasteiger partial charge in [-0.25, -0.2) is 8.42 Å². The molecule has 1 aliphatic heterocycles. The first-order valence-electron chi connectivity index (χ1n) is 6.82. The van der Waals surface area contributed by atoms with Gasteiger partial charge in [0.1, 0.15) is 0 Å². The van der Waals surface area contributed by atoms with Gasteiger partial charge in [0.2, 0.25) is 0 Å². The van der Waals surface area contributed by atoms with Gasteiger partial charge in [0, 0.05) is 38.3 Å². The van der Waals surface area contributed by atoms with Crippen molar-refractivity contribution in [3.63, 3.8) is 0 Å². The molecule has 0 amide bonds. The lowest BCUT2D eigenvalue weighted by molar-refractivity contribution is 0.0650. The molecule has 1 saturated heterocycles. The van der Waals surface area contributed by atoms with Crippen LogP contribution in [0.1, 0.15) is 34.6 Å². The lowest BCUT2D eigenvalue weighted by atomic mass is 10.1. The Morgan fingerprint density at radius 2 is 1.56 bits per heavy atom. The largest absolute Gasteiger partial charge is 0.300 e. The molecule has 0 unspecified atom stereocenters. The van der Waals surface area contributed by atoms with Crippen LogP contribution in [0.3, 0.4) is 0 Å². The van der Waals surface area contributed by atoms with Crippen molar-refractivity contribution in [1.29, 1.82) is 0 Å². The average Bonchev–Trinajstić information content (AvgIpc) is 2.25. The van der Waals surface area contributed by atoms with Gasteiger partial charge in [-0.2, -0.15) is 0 Å². The van der Waals surface area contributed by atoms with Crippen molar-refractivity contribution >= 4 is 9.84 Å². The van der Waals surface area contributed by atoms with Gasteiger partial charge in [0.15, 0.2) is 9.84 Å². The number of hydrogen-bond acceptors (Lipinski definition) is 4. The highest BCUT2D eigenvalue weighted by Crippen LogP contribution is 2.15. The minimum absolute atomic E-state index is 0.218. The smallest absolute Gasteiger partial charge is 0.153 e. The summed E-state index contributed by atoms with van der Waals surface area (Å²) in [5.41, 5.74) is 0.218. The molecule has 0 aromatic rings. The van der Waals surface area contributed by atoms with Gasteiger partial charge in [-0.1, -0.05) is 0 Å². The zero-order chi connectivity index (χ0) is 14.0. The molecule has 0 bridgehead atoms. The van der Waals surface area contributed by atoms with Crippen molar-refractivity contribution in [2.24, 2.45) is 0 Å². The highest BCUT2D eigenvalue weighted by atomic mass is 32.2. The van der Waals surface area contributed by atoms with Crippen molar-refractivity contribution < 1.29 is 8.42 Å². The summed E-state index contributed by atoms with van der Waals surface area (Å²) in [5, 5.41) is -0.256. The molecular weight excluding hydrogens is 248 g/mol. The van der Waals surface area contributed by atoms with Crippen LogP contribution in [0, 0.1) is 0 Å². The topological polar surface area (TPSA) is 40.6 Å². The second-order valence-corrected chi connectivity index (χ2v) is 9.09. The molecule has 1 heterocycles. The zero-order valence-corrected chi connectivity index (χ0v) is 13.3. The number of sulfone groups is 1. The molecule has 108 valence electrons. The number of hydrogen-bond donors (Lipinski definition) is 0. The Labute approximate surface area is 112 Å². The van der Waals surface area contributed by atoms with E-state index in [9.17, 15) is 8.42 Å². The van der Waals surface area contributed by atoms with E-state index in [1.54, 1.807) is 13.8 Å². The Morgan fingerprint density at radius 3 is 1.94 bits per heavy atom. The molecule has 0 saturated carbocycles. The summed E-state index contributed by atoms with van der Waals surface area (Å²) in [6.45, 7) is 14.9. The molecule has 4 nitrogen and oxygen atoms in total. The second-order valence-electron chi connectivity index (χ2n) is 6.42. The van der Waals surface area contributed by atoms with Crippen molar-refractivity contribution in [2.45, 2.75) is 45.4 Å². The molecule has 1 aliphatic rings. The summed E-state index contributed by atoms with van der Waals surface area (Å²) >= 11 is 0. The number of rotatable bonds is 4. The molecular formula is C13H28N2O2S. The van der Waals surface area contributed by atoms with E-state index >= 15 is 0 Å². The molecule has 0 aliphatic carbocycles. The lowest BCUT2D eigenvalue weighted by Crippen LogP contribution is -2.54. The highest BCUT2D eigenvalue weighted by Gasteiger charge is 2.26. The Hall–Kier alpha value is -0.130. The van der Waals surface area contributed by atoms with Gasteiger partial charge >= 0.3 is 0 Å². The van der Waals surface area contributed by atoms with Crippen LogP contribution in [-0.2, 0) is 9.84 Å². The van der Waals surface area contributed by atoms with Crippen LogP contribution in [0.2, 0.25) is 0 Å². The summed E-state index contributed by atoms with van der Waals surface area (Å²) in [6.07, 6.45) is 0. The van der Waals surface area contributed by atoms with E-state index in [0.29, 0.717) is 12.3 Å². The first-order valence-corrected chi connectivity index (χ1v) is 8.53. The van der Waals surface area contributed by atoms with Crippen molar-refractivity contribution in [1.82, 2.24) is 9.80 Å². The van der Waals surface area contributed by atoms with E-state index in [4.69, 9.17) is 0 Å². The quantitative estimate of drug-likeness (QED) is 0.774. The Balaban J connectivity index is 2.37. The lowest BCUT2D eigenvalue weighted by Gasteiger charge is -2.42. The predicted molar refractivity (Wildman–Crippen MR) is 76.7 cm³/mol. The van der Waals surface area contributed by atoms with E-state index in [0.717, 1.165) is 26.2 Å². The normalized spacial score (nSPS) is 20.6. The van der Waals surface area contributed by atoms with Gasteiger partial charge in [-0.3, -0.25) is 9.80 Å². The molecule has 5 heteroatoms. The van der Waals surface area contributed by atoms with Crippen molar-refractivity contribution in [3.05, 3.63) is 0 Å². The summed E-state index contributed by atoms with van der Waals surface area (Å²) < 4.78 is 23.5. The Bertz CT molecular complexity index is 350. The fourth-order valence-electron chi connectivity index (χ4n) is 2.13. The molecule has 18 heavy (non-hydrogen) atoms. The van der Waals surface area contributed by atoms with E-state index in [1.807, 2.05) is 0 Å². The second kappa shape index (κ2) is 5.88. The maximum absolute atomic E-state index is 11.8. The molecule has 0 aromatic heterocycles. The molecule has 0 N–H and O–H groups in total. The van der Waals surface area contributed by atoms with Gasteiger partial charge in [-0.05, 0) is 34.6 Å². The first kappa shape index (κ1) is 15.9. The van der Waals surface area contributed by atoms with E-state index < -0.39 is 9.84 Å². The average molecular weight is 276 g/mol. The number of piperazine rings is 1. The highest BCUT2D eigenvalue weighted by molar-refractivity contribution is 7.92. The summed E-state index contributed by atoms with van der Waals surface area (Å²) in [5.74, 6) is 0.292. The standard InChI is InChI=1S/C13H28N2O2S/c1-12(2)18(16,17)11-10-14-6-8-15(9-7-14)13(3,4)5/h12H,6-11H2,1-5H3. The monoisotopic (exact) mass is 276 g/mol. The maximum Gasteiger partial charge on any atom is 0.153 e. The molecule has 0 spiro atoms. The molecule has 0 radical (unpaired) electrons. The van der Waals surface area contributed by atoms with Crippen LogP contribution in [0.15, 0.2) is 0 Å². The summed E-state index contributed by atoms with van der Waals surface area (Å²) in [4.78, 5) is 4.72. The first-order chi connectivity index (χ1) is 8.13. The van der Waals surface area contributed by atoms with Gasteiger partial charge in [-0.15, -0.1) is 0 Å². The minimum atomic E-state index is -2.89. The predicted octanol–water partition coefficient (Wildman–Crippen LogP) is 1.23. The van der Waals surface area contributed by atoms with E-state index in [1.165, 1.54) is 0 Å². The maximum atomic E-state index is 11.8. The van der Waals surface area contributed by atoms with Gasteiger partial charge in [0.25, 0.3) is 0 Å². The van der Waals surface area contributed by atoms with Crippen LogP contribution in [0.25, 0.3) is 0 Å². The van der Waals surface area contributed by atoms with Crippen molar-refractivity contribution in [2.75, 3.05) is 38.5 Å². The van der Waals surface area contributed by atoms with Crippen molar-refractivity contribution in [3.8, 4) is 0 Å². The fourth-order valence-corrected chi connectivity index (χ4v) is 3.12. The Kier molecular flexibility index (Phi) is 5.21. The molecule has 0 atom stereocenters. The van der Waals surface area contributed by atoms with Crippen LogP contribution >= 0.6 is 0 Å². The third-order valence-corrected chi connectivity index (χ3v) is 5.92. The van der Waals surface area contributed by atoms with Gasteiger partial charge < -0.3 is 0 Å². The van der Waals surface area contributed by atoms with E-state index in [2.05, 4.69) is 30.6 Å². The summed E-state index contributed by atoms with van der Waals surface area (Å²) in [6, 6.07) is 0. The third-order valence-electron chi connectivity index (χ3n) is 3.73. The third kappa shape index (κ3) is 4.52. The molecule has 0 aromatic carbocycles. The van der Waals surface area contributed by atoms with Crippen LogP contribution in [-0.4, -0.2) is 67.5 Å². The van der Waals surface area contributed by atoms with Crippen LogP contribution in [0.4, 0.5) is 0 Å². The van der Waals surface area contributed by atoms with Crippen LogP contribution < -0.4 is 0 Å². The minimum Gasteiger partial charge on any atom is -0.300 e. The fraction of sp³-hybridized carbons (Fsp3) is 1.00. The zero-order valence-electron chi connectivity index (χ0n) is 12.4. The molecule has 1 rings (SSSR count). The molecule has 1 fully saturated rings. The number of nitrogens with zero attached hydrogens (tertiary/aromatic N) is 2. The SMILES string of the molecule is CC(C)S(=O)(=O)CCN1CCN(C(C)(C)C)CC1. The van der Waals surface area contributed by atoms with E-state index in [-0.39, 0.29) is 10.8 Å². The van der Waals surface area contributed by atoms with Gasteiger partial charge in [0.05, 0.1) is 11.0 Å².